The summed E-state index contributed by atoms with van der Waals surface area (Å²) in [7, 11) is 1.50. The van der Waals surface area contributed by atoms with Gasteiger partial charge in [0.05, 0.1) is 6.34 Å². The fraction of sp³-hybridized carbons (Fsp3) is 0.500. The topological polar surface area (TPSA) is 75.9 Å². The molecule has 0 unspecified atom stereocenters. The van der Waals surface area contributed by atoms with Gasteiger partial charge in [0, 0.05) is 68.9 Å². The number of hydrogen-bond acceptors (Lipinski definition) is 2. The van der Waals surface area contributed by atoms with Gasteiger partial charge >= 0.3 is 51.2 Å². The van der Waals surface area contributed by atoms with Crippen molar-refractivity contribution >= 4 is 126 Å². The van der Waals surface area contributed by atoms with Crippen LogP contribution in [-0.2, 0) is 0 Å². The van der Waals surface area contributed by atoms with Crippen molar-refractivity contribution in [3.63, 3.8) is 0 Å². The van der Waals surface area contributed by atoms with E-state index in [-0.39, 0.29) is 84.5 Å². The standard InChI is InChI=1S/CH4N2.CH5N.Cs.2HI.Pb/c2-1-3;1-2;;;;/h1H,(H3,2,3);2H2,1H3;;2*1H;/q;;;;;+2/p-2. The van der Waals surface area contributed by atoms with Crippen LogP contribution in [-0.4, -0.2) is 97.9 Å². The third kappa shape index (κ3) is 77.3. The second-order valence-electron chi connectivity index (χ2n) is 0.238. The quantitative estimate of drug-likeness (QED) is 0.149. The van der Waals surface area contributed by atoms with Gasteiger partial charge in [-0.3, -0.25) is 5.41 Å². The van der Waals surface area contributed by atoms with Crippen molar-refractivity contribution in [2.45, 2.75) is 0 Å². The van der Waals surface area contributed by atoms with Crippen molar-refractivity contribution in [3.05, 3.63) is 0 Å². The molecule has 0 spiro atoms. The van der Waals surface area contributed by atoms with E-state index in [1.54, 1.807) is 0 Å². The summed E-state index contributed by atoms with van der Waals surface area (Å²) in [6, 6.07) is 0. The zero-order chi connectivity index (χ0) is 7.41. The summed E-state index contributed by atoms with van der Waals surface area (Å²) in [6.45, 7) is 0. The molecule has 7 heteroatoms. The molecular weight excluding hydrogens is 660 g/mol. The molecule has 3 nitrogen and oxygen atoms in total. The Morgan fingerprint density at radius 3 is 1.44 bits per heavy atom. The predicted octanol–water partition coefficient (Wildman–Crippen LogP) is 0.137. The second kappa shape index (κ2) is 40.7. The first kappa shape index (κ1) is 23.0. The Hall–Kier alpha value is 3.86. The first-order chi connectivity index (χ1) is 3.83. The van der Waals surface area contributed by atoms with Gasteiger partial charge in [0.2, 0.25) is 0 Å². The van der Waals surface area contributed by atoms with Crippen LogP contribution >= 0.6 is 35.5 Å². The first-order valence-corrected chi connectivity index (χ1v) is 23.4. The summed E-state index contributed by atoms with van der Waals surface area (Å²) < 4.78 is 0. The Balaban J connectivity index is -0.0000000202. The molecule has 9 heavy (non-hydrogen) atoms. The minimum atomic E-state index is 0. The number of hydrogen-bond donors (Lipinski definition) is 3. The van der Waals surface area contributed by atoms with Crippen LogP contribution in [0.3, 0.4) is 0 Å². The summed E-state index contributed by atoms with van der Waals surface area (Å²) in [6.07, 6.45) is 0.750. The SMILES string of the molecule is CN.N=CN.[Cs].[I][Pb][I]. The van der Waals surface area contributed by atoms with Gasteiger partial charge in [-0.1, -0.05) is 0 Å². The fourth-order valence-corrected chi connectivity index (χ4v) is 0. The van der Waals surface area contributed by atoms with E-state index in [1.807, 2.05) is 0 Å². The summed E-state index contributed by atoms with van der Waals surface area (Å²) in [5, 5.41) is 5.86. The minimum absolute atomic E-state index is 0. The van der Waals surface area contributed by atoms with E-state index in [0.29, 0.717) is 0 Å². The third-order valence-electron chi connectivity index (χ3n) is 0. The van der Waals surface area contributed by atoms with Crippen molar-refractivity contribution < 1.29 is 0 Å². The normalized spacial score (nSPS) is 4.00. The van der Waals surface area contributed by atoms with E-state index in [0.717, 1.165) is 6.34 Å². The maximum absolute atomic E-state index is 5.86. The number of rotatable bonds is 0. The van der Waals surface area contributed by atoms with Crippen molar-refractivity contribution in [1.82, 2.24) is 0 Å². The van der Waals surface area contributed by atoms with Crippen LogP contribution in [0.25, 0.3) is 0 Å². The second-order valence-corrected chi connectivity index (χ2v) is 28.4. The summed E-state index contributed by atoms with van der Waals surface area (Å²) >= 11 is 4.96. The molecule has 3 radical (unpaired) electrons. The van der Waals surface area contributed by atoms with Crippen LogP contribution in [0.4, 0.5) is 0 Å². The van der Waals surface area contributed by atoms with E-state index in [2.05, 4.69) is 47.0 Å². The molecule has 0 amide bonds. The van der Waals surface area contributed by atoms with Gasteiger partial charge in [-0.05, 0) is 7.05 Å². The zero-order valence-corrected chi connectivity index (χ0v) is 20.0. The average molecular weight is 669 g/mol. The Bertz CT molecular complexity index is 33.8. The van der Waals surface area contributed by atoms with Crippen LogP contribution in [0.2, 0.25) is 0 Å². The van der Waals surface area contributed by atoms with Gasteiger partial charge in [-0.2, -0.15) is 0 Å². The van der Waals surface area contributed by atoms with Gasteiger partial charge in [-0.25, -0.2) is 0 Å². The van der Waals surface area contributed by atoms with E-state index in [9.17, 15) is 0 Å². The molecular formula is C2H9CsI2N3Pb. The molecule has 0 aliphatic rings. The molecule has 0 bridgehead atoms. The molecule has 0 saturated carbocycles. The monoisotopic (exact) mass is 670 g/mol. The molecule has 51 valence electrons. The zero-order valence-electron chi connectivity index (χ0n) is 5.49. The molecule has 0 aliphatic carbocycles. The van der Waals surface area contributed by atoms with Crippen molar-refractivity contribution in [3.8, 4) is 0 Å². The van der Waals surface area contributed by atoms with Crippen molar-refractivity contribution in [2.24, 2.45) is 11.5 Å². The van der Waals surface area contributed by atoms with Crippen molar-refractivity contribution in [2.75, 3.05) is 7.05 Å². The summed E-state index contributed by atoms with van der Waals surface area (Å²) in [4.78, 5) is 0. The van der Waals surface area contributed by atoms with Gasteiger partial charge in [-0.15, -0.1) is 0 Å². The molecule has 0 aromatic carbocycles. The Kier molecular flexibility index (Phi) is 104. The van der Waals surface area contributed by atoms with E-state index >= 15 is 0 Å². The molecule has 0 rings (SSSR count). The fourth-order valence-electron chi connectivity index (χ4n) is 0. The summed E-state index contributed by atoms with van der Waals surface area (Å²) in [5.41, 5.74) is 8.89. The molecule has 5 N–H and O–H groups in total. The van der Waals surface area contributed by atoms with Crippen LogP contribution in [0.5, 0.6) is 0 Å². The van der Waals surface area contributed by atoms with Crippen molar-refractivity contribution in [1.29, 1.82) is 5.41 Å². The third-order valence-corrected chi connectivity index (χ3v) is 0. The number of nitrogens with two attached hydrogens (primary N) is 2. The van der Waals surface area contributed by atoms with Crippen LogP contribution in [0, 0.1) is 5.41 Å². The average Bonchev–Trinajstić information content (AvgIpc) is 1.75. The molecule has 0 fully saturated rings. The van der Waals surface area contributed by atoms with E-state index in [4.69, 9.17) is 5.41 Å². The number of nitrogens with one attached hydrogen (secondary N) is 1. The summed E-state index contributed by atoms with van der Waals surface area (Å²) in [5.74, 6) is 0. The first-order valence-electron chi connectivity index (χ1n) is 1.58. The van der Waals surface area contributed by atoms with Gasteiger partial charge in [0.1, 0.15) is 0 Å². The molecule has 0 aromatic heterocycles. The molecule has 0 aliphatic heterocycles. The van der Waals surface area contributed by atoms with Crippen LogP contribution < -0.4 is 11.5 Å². The molecule has 0 atom stereocenters. The Labute approximate surface area is 145 Å². The Morgan fingerprint density at radius 1 is 1.44 bits per heavy atom. The Morgan fingerprint density at radius 2 is 1.44 bits per heavy atom. The van der Waals surface area contributed by atoms with Gasteiger partial charge < -0.3 is 11.5 Å². The predicted molar refractivity (Wildman–Crippen MR) is 62.6 cm³/mol. The van der Waals surface area contributed by atoms with Gasteiger partial charge in [0.15, 0.2) is 0 Å². The molecule has 0 heterocycles. The maximum atomic E-state index is 5.86. The molecule has 0 aromatic rings. The van der Waals surface area contributed by atoms with E-state index in [1.165, 1.54) is 7.05 Å². The van der Waals surface area contributed by atoms with Crippen LogP contribution in [0.15, 0.2) is 0 Å². The van der Waals surface area contributed by atoms with E-state index < -0.39 is 0 Å². The number of halogens is 2. The molecule has 0 saturated heterocycles. The van der Waals surface area contributed by atoms with Gasteiger partial charge in [0.25, 0.3) is 0 Å². The van der Waals surface area contributed by atoms with Crippen LogP contribution in [0.1, 0.15) is 0 Å².